The van der Waals surface area contributed by atoms with Crippen LogP contribution >= 0.6 is 0 Å². The maximum atomic E-state index is 12.0. The fraction of sp³-hybridized carbons (Fsp3) is 0.294. The first kappa shape index (κ1) is 16.8. The van der Waals surface area contributed by atoms with Gasteiger partial charge in [-0.05, 0) is 31.2 Å². The first-order valence-electron chi connectivity index (χ1n) is 7.82. The van der Waals surface area contributed by atoms with Crippen LogP contribution in [0.2, 0.25) is 0 Å². The highest BCUT2D eigenvalue weighted by Crippen LogP contribution is 2.19. The minimum Gasteiger partial charge on any atom is -0.466 e. The molecule has 0 saturated carbocycles. The van der Waals surface area contributed by atoms with E-state index in [1.165, 1.54) is 11.1 Å². The number of benzene rings is 1. The summed E-state index contributed by atoms with van der Waals surface area (Å²) in [5, 5.41) is 25.0. The Bertz CT molecular complexity index is 838. The fourth-order valence-corrected chi connectivity index (χ4v) is 2.26. The van der Waals surface area contributed by atoms with Crippen molar-refractivity contribution in [1.82, 2.24) is 25.5 Å². The molecule has 0 aliphatic rings. The van der Waals surface area contributed by atoms with Crippen molar-refractivity contribution in [2.45, 2.75) is 26.0 Å². The van der Waals surface area contributed by atoms with Gasteiger partial charge in [0.25, 0.3) is 0 Å². The number of aryl methyl sites for hydroxylation is 1. The first-order valence-corrected chi connectivity index (χ1v) is 7.82. The van der Waals surface area contributed by atoms with E-state index in [2.05, 4.69) is 20.7 Å². The van der Waals surface area contributed by atoms with Crippen molar-refractivity contribution in [1.29, 1.82) is 0 Å². The SMILES string of the molecule is Cc1ccc(-c2nnn(CC(=O)NCC(C)(O)c3ccco3)n2)cc1. The van der Waals surface area contributed by atoms with E-state index in [4.69, 9.17) is 4.42 Å². The van der Waals surface area contributed by atoms with Crippen molar-refractivity contribution in [2.24, 2.45) is 0 Å². The average molecular weight is 341 g/mol. The maximum absolute atomic E-state index is 12.0. The summed E-state index contributed by atoms with van der Waals surface area (Å²) in [7, 11) is 0. The highest BCUT2D eigenvalue weighted by Gasteiger charge is 2.26. The zero-order chi connectivity index (χ0) is 17.9. The Labute approximate surface area is 144 Å². The lowest BCUT2D eigenvalue weighted by molar-refractivity contribution is -0.123. The molecule has 8 nitrogen and oxygen atoms in total. The Balaban J connectivity index is 1.57. The molecule has 0 saturated heterocycles. The van der Waals surface area contributed by atoms with Gasteiger partial charge in [0, 0.05) is 5.56 Å². The summed E-state index contributed by atoms with van der Waals surface area (Å²) in [5.41, 5.74) is 0.680. The molecule has 130 valence electrons. The van der Waals surface area contributed by atoms with Crippen LogP contribution in [-0.4, -0.2) is 37.8 Å². The van der Waals surface area contributed by atoms with E-state index in [1.807, 2.05) is 31.2 Å². The van der Waals surface area contributed by atoms with Gasteiger partial charge in [-0.25, -0.2) is 0 Å². The molecule has 1 aromatic carbocycles. The molecule has 0 spiro atoms. The average Bonchev–Trinajstić information content (AvgIpc) is 3.26. The molecule has 1 amide bonds. The van der Waals surface area contributed by atoms with Gasteiger partial charge in [0.1, 0.15) is 17.9 Å². The lowest BCUT2D eigenvalue weighted by Crippen LogP contribution is -2.40. The predicted octanol–water partition coefficient (Wildman–Crippen LogP) is 1.27. The van der Waals surface area contributed by atoms with E-state index in [1.54, 1.807) is 19.1 Å². The second-order valence-corrected chi connectivity index (χ2v) is 6.04. The number of carbonyl (C=O) groups excluding carboxylic acids is 1. The highest BCUT2D eigenvalue weighted by molar-refractivity contribution is 5.75. The second-order valence-electron chi connectivity index (χ2n) is 6.04. The van der Waals surface area contributed by atoms with E-state index < -0.39 is 5.60 Å². The number of nitrogens with zero attached hydrogens (tertiary/aromatic N) is 4. The standard InChI is InChI=1S/C17H19N5O3/c1-12-5-7-13(8-6-12)16-19-21-22(20-16)10-15(23)18-11-17(2,24)14-4-3-9-25-14/h3-9,24H,10-11H2,1-2H3,(H,18,23). The van der Waals surface area contributed by atoms with E-state index >= 15 is 0 Å². The van der Waals surface area contributed by atoms with Crippen LogP contribution < -0.4 is 5.32 Å². The first-order chi connectivity index (χ1) is 11.9. The smallest absolute Gasteiger partial charge is 0.243 e. The molecule has 2 heterocycles. The molecule has 0 aliphatic heterocycles. The lowest BCUT2D eigenvalue weighted by Gasteiger charge is -2.20. The van der Waals surface area contributed by atoms with Crippen molar-refractivity contribution in [2.75, 3.05) is 6.54 Å². The zero-order valence-electron chi connectivity index (χ0n) is 14.0. The van der Waals surface area contributed by atoms with Gasteiger partial charge in [-0.3, -0.25) is 4.79 Å². The largest absolute Gasteiger partial charge is 0.466 e. The van der Waals surface area contributed by atoms with Crippen molar-refractivity contribution >= 4 is 5.91 Å². The number of aliphatic hydroxyl groups is 1. The molecule has 25 heavy (non-hydrogen) atoms. The van der Waals surface area contributed by atoms with Gasteiger partial charge in [-0.1, -0.05) is 29.8 Å². The number of furan rings is 1. The summed E-state index contributed by atoms with van der Waals surface area (Å²) in [6.45, 7) is 3.48. The fourth-order valence-electron chi connectivity index (χ4n) is 2.26. The summed E-state index contributed by atoms with van der Waals surface area (Å²) >= 11 is 0. The van der Waals surface area contributed by atoms with Gasteiger partial charge >= 0.3 is 0 Å². The van der Waals surface area contributed by atoms with E-state index in [9.17, 15) is 9.90 Å². The molecule has 1 atom stereocenters. The van der Waals surface area contributed by atoms with Crippen LogP contribution in [0.5, 0.6) is 0 Å². The molecule has 3 aromatic rings. The summed E-state index contributed by atoms with van der Waals surface area (Å²) in [6, 6.07) is 11.0. The Morgan fingerprint density at radius 2 is 2.08 bits per heavy atom. The number of carbonyl (C=O) groups is 1. The van der Waals surface area contributed by atoms with Gasteiger partial charge in [-0.15, -0.1) is 10.2 Å². The quantitative estimate of drug-likeness (QED) is 0.699. The lowest BCUT2D eigenvalue weighted by atomic mass is 10.0. The molecule has 2 N–H and O–H groups in total. The number of rotatable bonds is 6. The van der Waals surface area contributed by atoms with Gasteiger partial charge in [0.15, 0.2) is 0 Å². The van der Waals surface area contributed by atoms with Gasteiger partial charge in [-0.2, -0.15) is 4.80 Å². The normalized spacial score (nSPS) is 13.4. The van der Waals surface area contributed by atoms with Crippen LogP contribution in [0.1, 0.15) is 18.2 Å². The van der Waals surface area contributed by atoms with Crippen LogP contribution in [0.25, 0.3) is 11.4 Å². The van der Waals surface area contributed by atoms with Crippen LogP contribution in [-0.2, 0) is 16.9 Å². The summed E-state index contributed by atoms with van der Waals surface area (Å²) in [5.74, 6) is 0.503. The van der Waals surface area contributed by atoms with Crippen molar-refractivity contribution in [3.63, 3.8) is 0 Å². The molecule has 0 bridgehead atoms. The van der Waals surface area contributed by atoms with Gasteiger partial charge < -0.3 is 14.8 Å². The third-order valence-electron chi connectivity index (χ3n) is 3.73. The van der Waals surface area contributed by atoms with E-state index in [0.29, 0.717) is 11.6 Å². The highest BCUT2D eigenvalue weighted by atomic mass is 16.4. The summed E-state index contributed by atoms with van der Waals surface area (Å²) in [4.78, 5) is 13.3. The Kier molecular flexibility index (Phi) is 4.62. The number of hydrogen-bond acceptors (Lipinski definition) is 6. The second kappa shape index (κ2) is 6.86. The van der Waals surface area contributed by atoms with Crippen molar-refractivity contribution < 1.29 is 14.3 Å². The maximum Gasteiger partial charge on any atom is 0.243 e. The summed E-state index contributed by atoms with van der Waals surface area (Å²) in [6.07, 6.45) is 1.47. The third-order valence-corrected chi connectivity index (χ3v) is 3.73. The minimum atomic E-state index is -1.29. The Hall–Kier alpha value is -3.00. The molecular weight excluding hydrogens is 322 g/mol. The topological polar surface area (TPSA) is 106 Å². The van der Waals surface area contributed by atoms with Crippen LogP contribution in [0.3, 0.4) is 0 Å². The molecule has 1 unspecified atom stereocenters. The zero-order valence-corrected chi connectivity index (χ0v) is 14.0. The molecule has 0 fully saturated rings. The monoisotopic (exact) mass is 341 g/mol. The van der Waals surface area contributed by atoms with Gasteiger partial charge in [0.05, 0.1) is 12.8 Å². The van der Waals surface area contributed by atoms with Crippen molar-refractivity contribution in [3.8, 4) is 11.4 Å². The number of hydrogen-bond donors (Lipinski definition) is 2. The number of amides is 1. The number of nitrogens with one attached hydrogen (secondary N) is 1. The molecule has 0 radical (unpaired) electrons. The van der Waals surface area contributed by atoms with Crippen molar-refractivity contribution in [3.05, 3.63) is 54.0 Å². The number of tetrazole rings is 1. The predicted molar refractivity (Wildman–Crippen MR) is 89.3 cm³/mol. The molecule has 2 aromatic heterocycles. The Morgan fingerprint density at radius 3 is 2.76 bits per heavy atom. The van der Waals surface area contributed by atoms with Crippen LogP contribution in [0.4, 0.5) is 0 Å². The molecular formula is C17H19N5O3. The molecule has 3 rings (SSSR count). The third kappa shape index (κ3) is 4.10. The van der Waals surface area contributed by atoms with E-state index in [0.717, 1.165) is 11.1 Å². The van der Waals surface area contributed by atoms with Crippen LogP contribution in [0.15, 0.2) is 47.1 Å². The Morgan fingerprint density at radius 1 is 1.32 bits per heavy atom. The summed E-state index contributed by atoms with van der Waals surface area (Å²) < 4.78 is 5.17. The van der Waals surface area contributed by atoms with Crippen LogP contribution in [0, 0.1) is 6.92 Å². The molecule has 0 aliphatic carbocycles. The van der Waals surface area contributed by atoms with E-state index in [-0.39, 0.29) is 19.0 Å². The minimum absolute atomic E-state index is 0.0128. The molecule has 8 heteroatoms. The number of aromatic nitrogens is 4. The van der Waals surface area contributed by atoms with Gasteiger partial charge in [0.2, 0.25) is 11.7 Å².